The zero-order valence-electron chi connectivity index (χ0n) is 17.5. The number of fused-ring (bicyclic) bond motifs is 2. The molecule has 2 atom stereocenters. The van der Waals surface area contributed by atoms with Gasteiger partial charge in [0.15, 0.2) is 0 Å². The first-order valence-electron chi connectivity index (χ1n) is 10.7. The molecule has 0 aliphatic rings. The molecule has 0 aromatic heterocycles. The van der Waals surface area contributed by atoms with Crippen molar-refractivity contribution in [2.45, 2.75) is 19.0 Å². The average molecular weight is 404 g/mol. The Balaban J connectivity index is 1.73. The third kappa shape index (κ3) is 3.67. The molecular formula is C29H25NO. The van der Waals surface area contributed by atoms with E-state index >= 15 is 0 Å². The first kappa shape index (κ1) is 19.3. The summed E-state index contributed by atoms with van der Waals surface area (Å²) in [6.07, 6.45) is 0. The lowest BCUT2D eigenvalue weighted by molar-refractivity contribution is 0.449. The molecule has 0 aliphatic carbocycles. The lowest BCUT2D eigenvalue weighted by Gasteiger charge is -2.27. The minimum atomic E-state index is -0.174. The number of phenols is 1. The molecule has 31 heavy (non-hydrogen) atoms. The van der Waals surface area contributed by atoms with Crippen molar-refractivity contribution >= 4 is 21.5 Å². The molecule has 5 aromatic rings. The summed E-state index contributed by atoms with van der Waals surface area (Å²) in [4.78, 5) is 0. The lowest BCUT2D eigenvalue weighted by atomic mass is 9.89. The standard InChI is InChI=1S/C29H25NO/c1-20(21-10-3-2-4-11-21)30-29(26-17-9-14-22-12-5-7-15-24(22)26)28-25-16-8-6-13-23(25)18-19-27(28)31/h2-20,29-31H,1H3/t20-,29-/m1/s1. The summed E-state index contributed by atoms with van der Waals surface area (Å²) in [7, 11) is 0. The van der Waals surface area contributed by atoms with Gasteiger partial charge in [-0.25, -0.2) is 0 Å². The van der Waals surface area contributed by atoms with Crippen LogP contribution in [0.5, 0.6) is 5.75 Å². The maximum absolute atomic E-state index is 11.1. The highest BCUT2D eigenvalue weighted by atomic mass is 16.3. The van der Waals surface area contributed by atoms with Gasteiger partial charge in [0.25, 0.3) is 0 Å². The number of nitrogens with one attached hydrogen (secondary N) is 1. The zero-order valence-corrected chi connectivity index (χ0v) is 17.5. The molecule has 0 saturated heterocycles. The average Bonchev–Trinajstić information content (AvgIpc) is 2.83. The van der Waals surface area contributed by atoms with Gasteiger partial charge in [0, 0.05) is 11.6 Å². The van der Waals surface area contributed by atoms with Crippen molar-refractivity contribution in [3.05, 3.63) is 126 Å². The molecule has 0 bridgehead atoms. The summed E-state index contributed by atoms with van der Waals surface area (Å²) in [6.45, 7) is 2.18. The van der Waals surface area contributed by atoms with E-state index in [2.05, 4.69) is 91.1 Å². The van der Waals surface area contributed by atoms with Crippen molar-refractivity contribution in [1.29, 1.82) is 0 Å². The Kier molecular flexibility index (Phi) is 5.15. The van der Waals surface area contributed by atoms with Crippen molar-refractivity contribution < 1.29 is 5.11 Å². The zero-order chi connectivity index (χ0) is 21.2. The van der Waals surface area contributed by atoms with Crippen LogP contribution in [0.15, 0.2) is 109 Å². The minimum Gasteiger partial charge on any atom is -0.508 e. The van der Waals surface area contributed by atoms with Gasteiger partial charge in [-0.3, -0.25) is 5.32 Å². The van der Waals surface area contributed by atoms with Crippen molar-refractivity contribution in [2.75, 3.05) is 0 Å². The molecule has 0 amide bonds. The number of benzene rings is 5. The van der Waals surface area contributed by atoms with E-state index in [4.69, 9.17) is 0 Å². The monoisotopic (exact) mass is 403 g/mol. The quantitative estimate of drug-likeness (QED) is 0.327. The summed E-state index contributed by atoms with van der Waals surface area (Å²) in [5, 5.41) is 19.5. The fourth-order valence-corrected chi connectivity index (χ4v) is 4.51. The molecule has 2 N–H and O–H groups in total. The Morgan fingerprint density at radius 2 is 1.23 bits per heavy atom. The van der Waals surface area contributed by atoms with Gasteiger partial charge in [-0.15, -0.1) is 0 Å². The smallest absolute Gasteiger partial charge is 0.121 e. The Hall–Kier alpha value is -3.62. The van der Waals surface area contributed by atoms with Gasteiger partial charge in [0.05, 0.1) is 6.04 Å². The SMILES string of the molecule is C[C@@H](N[C@H](c1cccc2ccccc12)c1c(O)ccc2ccccc12)c1ccccc1. The van der Waals surface area contributed by atoms with Crippen molar-refractivity contribution in [3.8, 4) is 5.75 Å². The largest absolute Gasteiger partial charge is 0.508 e. The summed E-state index contributed by atoms with van der Waals surface area (Å²) < 4.78 is 0. The first-order chi connectivity index (χ1) is 15.2. The molecule has 0 unspecified atom stereocenters. The minimum absolute atomic E-state index is 0.100. The second kappa shape index (κ2) is 8.25. The van der Waals surface area contributed by atoms with Gasteiger partial charge < -0.3 is 5.11 Å². The van der Waals surface area contributed by atoms with E-state index in [1.807, 2.05) is 30.3 Å². The van der Waals surface area contributed by atoms with E-state index < -0.39 is 0 Å². The molecular weight excluding hydrogens is 378 g/mol. The highest BCUT2D eigenvalue weighted by Crippen LogP contribution is 2.39. The van der Waals surface area contributed by atoms with E-state index in [0.717, 1.165) is 21.9 Å². The molecule has 0 heterocycles. The van der Waals surface area contributed by atoms with Crippen LogP contribution in [0.3, 0.4) is 0 Å². The summed E-state index contributed by atoms with van der Waals surface area (Å²) in [6, 6.07) is 37.3. The molecule has 2 nitrogen and oxygen atoms in total. The predicted molar refractivity (Wildman–Crippen MR) is 129 cm³/mol. The van der Waals surface area contributed by atoms with E-state index in [-0.39, 0.29) is 12.1 Å². The second-order valence-electron chi connectivity index (χ2n) is 8.02. The second-order valence-corrected chi connectivity index (χ2v) is 8.02. The lowest BCUT2D eigenvalue weighted by Crippen LogP contribution is -2.26. The molecule has 152 valence electrons. The Bertz CT molecular complexity index is 1340. The fraction of sp³-hybridized carbons (Fsp3) is 0.103. The van der Waals surface area contributed by atoms with Gasteiger partial charge in [-0.2, -0.15) is 0 Å². The Morgan fingerprint density at radius 3 is 2.00 bits per heavy atom. The molecule has 0 radical (unpaired) electrons. The molecule has 5 rings (SSSR count). The van der Waals surface area contributed by atoms with E-state index in [9.17, 15) is 5.11 Å². The summed E-state index contributed by atoms with van der Waals surface area (Å²) in [5.74, 6) is 0.310. The van der Waals surface area contributed by atoms with Gasteiger partial charge in [-0.05, 0) is 45.7 Å². The number of hydrogen-bond acceptors (Lipinski definition) is 2. The summed E-state index contributed by atoms with van der Waals surface area (Å²) >= 11 is 0. The van der Waals surface area contributed by atoms with Crippen LogP contribution >= 0.6 is 0 Å². The van der Waals surface area contributed by atoms with Gasteiger partial charge in [0.2, 0.25) is 0 Å². The number of rotatable bonds is 5. The molecule has 0 spiro atoms. The Morgan fingerprint density at radius 1 is 0.613 bits per heavy atom. The number of hydrogen-bond donors (Lipinski definition) is 2. The number of phenolic OH excluding ortho intramolecular Hbond substituents is 1. The van der Waals surface area contributed by atoms with Crippen LogP contribution in [0.2, 0.25) is 0 Å². The van der Waals surface area contributed by atoms with Crippen LogP contribution in [0.4, 0.5) is 0 Å². The third-order valence-corrected chi connectivity index (χ3v) is 6.09. The summed E-state index contributed by atoms with van der Waals surface area (Å²) in [5.41, 5.74) is 3.29. The van der Waals surface area contributed by atoms with E-state index in [1.54, 1.807) is 0 Å². The van der Waals surface area contributed by atoms with E-state index in [0.29, 0.717) is 5.75 Å². The van der Waals surface area contributed by atoms with Crippen molar-refractivity contribution in [1.82, 2.24) is 5.32 Å². The van der Waals surface area contributed by atoms with Crippen LogP contribution in [0, 0.1) is 0 Å². The van der Waals surface area contributed by atoms with Crippen LogP contribution in [-0.4, -0.2) is 5.11 Å². The van der Waals surface area contributed by atoms with Crippen LogP contribution in [0.25, 0.3) is 21.5 Å². The topological polar surface area (TPSA) is 32.3 Å². The van der Waals surface area contributed by atoms with Crippen LogP contribution in [0.1, 0.15) is 35.7 Å². The molecule has 2 heteroatoms. The highest BCUT2D eigenvalue weighted by molar-refractivity contribution is 5.91. The predicted octanol–water partition coefficient (Wildman–Crippen LogP) is 7.14. The van der Waals surface area contributed by atoms with Crippen LogP contribution < -0.4 is 5.32 Å². The molecule has 0 aliphatic heterocycles. The van der Waals surface area contributed by atoms with Gasteiger partial charge in [0.1, 0.15) is 5.75 Å². The highest BCUT2D eigenvalue weighted by Gasteiger charge is 2.24. The number of aromatic hydroxyl groups is 1. The fourth-order valence-electron chi connectivity index (χ4n) is 4.51. The third-order valence-electron chi connectivity index (χ3n) is 6.09. The van der Waals surface area contributed by atoms with Crippen molar-refractivity contribution in [2.24, 2.45) is 0 Å². The maximum atomic E-state index is 11.1. The molecule has 0 saturated carbocycles. The Labute approximate surface area is 182 Å². The van der Waals surface area contributed by atoms with Gasteiger partial charge in [-0.1, -0.05) is 103 Å². The van der Waals surface area contributed by atoms with E-state index in [1.165, 1.54) is 16.3 Å². The van der Waals surface area contributed by atoms with Crippen LogP contribution in [-0.2, 0) is 0 Å². The normalized spacial score (nSPS) is 13.3. The van der Waals surface area contributed by atoms with Crippen molar-refractivity contribution in [3.63, 3.8) is 0 Å². The first-order valence-corrected chi connectivity index (χ1v) is 10.7. The molecule has 0 fully saturated rings. The molecule has 5 aromatic carbocycles. The van der Waals surface area contributed by atoms with Gasteiger partial charge >= 0.3 is 0 Å². The maximum Gasteiger partial charge on any atom is 0.121 e.